The van der Waals surface area contributed by atoms with E-state index in [0.29, 0.717) is 15.1 Å². The average molecular weight is 339 g/mol. The lowest BCUT2D eigenvalue weighted by Crippen LogP contribution is -2.26. The van der Waals surface area contributed by atoms with Crippen LogP contribution in [0.15, 0.2) is 53.0 Å². The molecular weight excluding hydrogens is 326 g/mol. The predicted molar refractivity (Wildman–Crippen MR) is 81.5 cm³/mol. The van der Waals surface area contributed by atoms with Gasteiger partial charge in [0.2, 0.25) is 0 Å². The van der Waals surface area contributed by atoms with Gasteiger partial charge in [0.15, 0.2) is 0 Å². The van der Waals surface area contributed by atoms with Crippen LogP contribution in [-0.4, -0.2) is 5.91 Å². The number of carbonyl (C=O) groups is 1. The molecule has 2 rings (SSSR count). The number of halogens is 2. The zero-order valence-corrected chi connectivity index (χ0v) is 12.7. The van der Waals surface area contributed by atoms with Crippen molar-refractivity contribution >= 4 is 33.4 Å². The monoisotopic (exact) mass is 337 g/mol. The maximum atomic E-state index is 12.1. The minimum atomic E-state index is -0.117. The van der Waals surface area contributed by atoms with E-state index < -0.39 is 0 Å². The highest BCUT2D eigenvalue weighted by Crippen LogP contribution is 2.23. The fraction of sp³-hybridized carbons (Fsp3) is 0.133. The molecule has 0 aliphatic carbocycles. The lowest BCUT2D eigenvalue weighted by molar-refractivity contribution is 0.0940. The van der Waals surface area contributed by atoms with Crippen LogP contribution in [0.5, 0.6) is 0 Å². The molecule has 0 aromatic heterocycles. The third-order valence-electron chi connectivity index (χ3n) is 2.83. The number of amides is 1. The Morgan fingerprint density at radius 2 is 1.89 bits per heavy atom. The van der Waals surface area contributed by atoms with Crippen molar-refractivity contribution in [3.05, 3.63) is 69.2 Å². The van der Waals surface area contributed by atoms with Gasteiger partial charge in [-0.15, -0.1) is 0 Å². The van der Waals surface area contributed by atoms with Crippen LogP contribution in [-0.2, 0) is 0 Å². The maximum absolute atomic E-state index is 12.1. The van der Waals surface area contributed by atoms with Crippen LogP contribution in [0, 0.1) is 0 Å². The largest absolute Gasteiger partial charge is 0.346 e. The molecule has 2 aromatic carbocycles. The molecule has 4 heteroatoms. The maximum Gasteiger partial charge on any atom is 0.251 e. The fourth-order valence-corrected chi connectivity index (χ4v) is 2.24. The molecule has 0 bridgehead atoms. The summed E-state index contributed by atoms with van der Waals surface area (Å²) in [4.78, 5) is 12.1. The summed E-state index contributed by atoms with van der Waals surface area (Å²) in [6.45, 7) is 1.96. The number of benzene rings is 2. The second-order valence-electron chi connectivity index (χ2n) is 4.23. The standard InChI is InChI=1S/C15H13BrClNO/c1-10(11-5-3-2-4-6-11)18-15(19)12-7-8-14(17)13(16)9-12/h2-10H,1H3,(H,18,19)/t10-/m0/s1. The first-order chi connectivity index (χ1) is 9.08. The Balaban J connectivity index is 2.11. The van der Waals surface area contributed by atoms with Crippen molar-refractivity contribution in [3.8, 4) is 0 Å². The van der Waals surface area contributed by atoms with Crippen LogP contribution >= 0.6 is 27.5 Å². The molecular formula is C15H13BrClNO. The Bertz CT molecular complexity index is 586. The third-order valence-corrected chi connectivity index (χ3v) is 4.04. The molecule has 2 nitrogen and oxygen atoms in total. The second-order valence-corrected chi connectivity index (χ2v) is 5.50. The summed E-state index contributed by atoms with van der Waals surface area (Å²) in [7, 11) is 0. The topological polar surface area (TPSA) is 29.1 Å². The minimum Gasteiger partial charge on any atom is -0.346 e. The quantitative estimate of drug-likeness (QED) is 0.871. The first-order valence-electron chi connectivity index (χ1n) is 5.89. The van der Waals surface area contributed by atoms with Gasteiger partial charge in [0.1, 0.15) is 0 Å². The van der Waals surface area contributed by atoms with Gasteiger partial charge in [0.25, 0.3) is 5.91 Å². The van der Waals surface area contributed by atoms with E-state index in [-0.39, 0.29) is 11.9 Å². The zero-order chi connectivity index (χ0) is 13.8. The third kappa shape index (κ3) is 3.58. The van der Waals surface area contributed by atoms with E-state index in [0.717, 1.165) is 5.56 Å². The molecule has 0 saturated carbocycles. The van der Waals surface area contributed by atoms with Crippen molar-refractivity contribution in [1.29, 1.82) is 0 Å². The zero-order valence-electron chi connectivity index (χ0n) is 10.4. The van der Waals surface area contributed by atoms with Crippen molar-refractivity contribution in [1.82, 2.24) is 5.32 Å². The van der Waals surface area contributed by atoms with Gasteiger partial charge in [0.05, 0.1) is 11.1 Å². The predicted octanol–water partition coefficient (Wildman–Crippen LogP) is 4.59. The van der Waals surface area contributed by atoms with Crippen LogP contribution in [0.25, 0.3) is 0 Å². The highest BCUT2D eigenvalue weighted by molar-refractivity contribution is 9.10. The molecule has 0 spiro atoms. The Kier molecular flexibility index (Phi) is 4.61. The first-order valence-corrected chi connectivity index (χ1v) is 7.06. The molecule has 98 valence electrons. The highest BCUT2D eigenvalue weighted by atomic mass is 79.9. The number of rotatable bonds is 3. The van der Waals surface area contributed by atoms with Crippen molar-refractivity contribution in [2.75, 3.05) is 0 Å². The van der Waals surface area contributed by atoms with Gasteiger partial charge >= 0.3 is 0 Å². The lowest BCUT2D eigenvalue weighted by Gasteiger charge is -2.14. The van der Waals surface area contributed by atoms with Crippen molar-refractivity contribution < 1.29 is 4.79 Å². The van der Waals surface area contributed by atoms with Gasteiger partial charge in [-0.1, -0.05) is 41.9 Å². The number of hydrogen-bond acceptors (Lipinski definition) is 1. The van der Waals surface area contributed by atoms with Crippen LogP contribution in [0.4, 0.5) is 0 Å². The summed E-state index contributed by atoms with van der Waals surface area (Å²) in [5.41, 5.74) is 1.66. The Labute approximate surface area is 125 Å². The molecule has 0 saturated heterocycles. The average Bonchev–Trinajstić information content (AvgIpc) is 2.42. The minimum absolute atomic E-state index is 0.0387. The van der Waals surface area contributed by atoms with Crippen molar-refractivity contribution in [2.24, 2.45) is 0 Å². The van der Waals surface area contributed by atoms with Crippen molar-refractivity contribution in [2.45, 2.75) is 13.0 Å². The number of carbonyl (C=O) groups excluding carboxylic acids is 1. The van der Waals surface area contributed by atoms with E-state index >= 15 is 0 Å². The number of nitrogens with one attached hydrogen (secondary N) is 1. The molecule has 1 N–H and O–H groups in total. The summed E-state index contributed by atoms with van der Waals surface area (Å²) >= 11 is 9.22. The molecule has 19 heavy (non-hydrogen) atoms. The van der Waals surface area contributed by atoms with E-state index in [1.165, 1.54) is 0 Å². The Morgan fingerprint density at radius 1 is 1.21 bits per heavy atom. The van der Waals surface area contributed by atoms with Crippen LogP contribution in [0.1, 0.15) is 28.9 Å². The summed E-state index contributed by atoms with van der Waals surface area (Å²) in [5.74, 6) is -0.117. The second kappa shape index (κ2) is 6.22. The van der Waals surface area contributed by atoms with E-state index in [1.54, 1.807) is 18.2 Å². The van der Waals surface area contributed by atoms with Gasteiger partial charge in [0, 0.05) is 10.0 Å². The number of hydrogen-bond donors (Lipinski definition) is 1. The SMILES string of the molecule is C[C@H](NC(=O)c1ccc(Cl)c(Br)c1)c1ccccc1. The fourth-order valence-electron chi connectivity index (χ4n) is 1.74. The summed E-state index contributed by atoms with van der Waals surface area (Å²) < 4.78 is 0.717. The summed E-state index contributed by atoms with van der Waals surface area (Å²) in [5, 5.41) is 3.55. The van der Waals surface area contributed by atoms with Gasteiger partial charge in [-0.2, -0.15) is 0 Å². The molecule has 0 fully saturated rings. The molecule has 0 unspecified atom stereocenters. The van der Waals surface area contributed by atoms with E-state index in [2.05, 4.69) is 21.2 Å². The smallest absolute Gasteiger partial charge is 0.251 e. The van der Waals surface area contributed by atoms with Crippen LogP contribution < -0.4 is 5.32 Å². The van der Waals surface area contributed by atoms with Crippen LogP contribution in [0.2, 0.25) is 5.02 Å². The van der Waals surface area contributed by atoms with Crippen molar-refractivity contribution in [3.63, 3.8) is 0 Å². The molecule has 1 atom stereocenters. The Hall–Kier alpha value is -1.32. The first kappa shape index (κ1) is 14.1. The van der Waals surface area contributed by atoms with E-state index in [4.69, 9.17) is 11.6 Å². The molecule has 0 aliphatic heterocycles. The van der Waals surface area contributed by atoms with E-state index in [1.807, 2.05) is 37.3 Å². The van der Waals surface area contributed by atoms with Gasteiger partial charge < -0.3 is 5.32 Å². The summed E-state index contributed by atoms with van der Waals surface area (Å²) in [6.07, 6.45) is 0. The van der Waals surface area contributed by atoms with Crippen LogP contribution in [0.3, 0.4) is 0 Å². The normalized spacial score (nSPS) is 11.9. The van der Waals surface area contributed by atoms with E-state index in [9.17, 15) is 4.79 Å². The van der Waals surface area contributed by atoms with Gasteiger partial charge in [-0.25, -0.2) is 0 Å². The molecule has 0 heterocycles. The summed E-state index contributed by atoms with van der Waals surface area (Å²) in [6, 6.07) is 14.9. The van der Waals surface area contributed by atoms with Gasteiger partial charge in [-0.3, -0.25) is 4.79 Å². The molecule has 1 amide bonds. The Morgan fingerprint density at radius 3 is 2.53 bits per heavy atom. The van der Waals surface area contributed by atoms with Gasteiger partial charge in [-0.05, 0) is 46.6 Å². The molecule has 0 aliphatic rings. The highest BCUT2D eigenvalue weighted by Gasteiger charge is 2.12. The molecule has 0 radical (unpaired) electrons. The molecule has 2 aromatic rings. The lowest BCUT2D eigenvalue weighted by atomic mass is 10.1.